The Labute approximate surface area is 159 Å². The van der Waals surface area contributed by atoms with Crippen LogP contribution in [0.1, 0.15) is 12.5 Å². The van der Waals surface area contributed by atoms with Crippen molar-refractivity contribution in [3.63, 3.8) is 0 Å². The van der Waals surface area contributed by atoms with Crippen molar-refractivity contribution in [1.29, 1.82) is 0 Å². The monoisotopic (exact) mass is 363 g/mol. The summed E-state index contributed by atoms with van der Waals surface area (Å²) in [5.74, 6) is 0.702. The highest BCUT2D eigenvalue weighted by atomic mass is 16.2. The van der Waals surface area contributed by atoms with E-state index in [1.54, 1.807) is 0 Å². The second-order valence-corrected chi connectivity index (χ2v) is 6.76. The number of aromatic amines is 1. The lowest BCUT2D eigenvalue weighted by Crippen LogP contribution is -2.37. The number of rotatable bonds is 5. The fourth-order valence-electron chi connectivity index (χ4n) is 2.77. The highest BCUT2D eigenvalue weighted by Crippen LogP contribution is 2.20. The van der Waals surface area contributed by atoms with Gasteiger partial charge in [-0.25, -0.2) is 4.99 Å². The molecule has 0 aliphatic carbocycles. The molecule has 140 valence electrons. The van der Waals surface area contributed by atoms with E-state index in [2.05, 4.69) is 15.3 Å². The molecule has 3 rings (SSSR count). The number of fused-ring (bicyclic) bond motifs is 1. The van der Waals surface area contributed by atoms with Crippen LogP contribution in [0.5, 0.6) is 0 Å². The molecule has 1 heterocycles. The Morgan fingerprint density at radius 3 is 2.59 bits per heavy atom. The number of carbonyl (C=O) groups excluding carboxylic acids is 1. The molecule has 0 unspecified atom stereocenters. The summed E-state index contributed by atoms with van der Waals surface area (Å²) in [6.45, 7) is 1.94. The molecule has 1 atom stereocenters. The first-order valence-corrected chi connectivity index (χ1v) is 8.88. The number of para-hydroxylation sites is 1. The number of anilines is 1. The number of carbonyl (C=O) groups is 1. The van der Waals surface area contributed by atoms with Gasteiger partial charge < -0.3 is 20.9 Å². The minimum Gasteiger partial charge on any atom is -0.366 e. The molecule has 3 aromatic rings. The van der Waals surface area contributed by atoms with E-state index in [0.29, 0.717) is 12.1 Å². The maximum atomic E-state index is 12.4. The number of aliphatic imine (C=N–C) groups is 1. The number of amidine groups is 1. The van der Waals surface area contributed by atoms with Gasteiger partial charge in [-0.15, -0.1) is 0 Å². The van der Waals surface area contributed by atoms with E-state index in [-0.39, 0.29) is 5.91 Å². The molecule has 0 spiro atoms. The Morgan fingerprint density at radius 1 is 1.19 bits per heavy atom. The van der Waals surface area contributed by atoms with Gasteiger partial charge in [-0.3, -0.25) is 4.79 Å². The SMILES string of the molecule is CC(=Nc1ccc(NC(=O)[C@@H](N)Cc2c[nH]c3ccccc23)cc1)N(C)C. The Kier molecular flexibility index (Phi) is 5.57. The van der Waals surface area contributed by atoms with Gasteiger partial charge in [-0.05, 0) is 49.2 Å². The van der Waals surface area contributed by atoms with E-state index in [4.69, 9.17) is 5.73 Å². The van der Waals surface area contributed by atoms with Crippen molar-refractivity contribution in [2.45, 2.75) is 19.4 Å². The van der Waals surface area contributed by atoms with Crippen LogP contribution >= 0.6 is 0 Å². The topological polar surface area (TPSA) is 86.5 Å². The Balaban J connectivity index is 1.63. The molecular weight excluding hydrogens is 338 g/mol. The van der Waals surface area contributed by atoms with Crippen molar-refractivity contribution < 1.29 is 4.79 Å². The maximum absolute atomic E-state index is 12.4. The minimum absolute atomic E-state index is 0.207. The third-order valence-electron chi connectivity index (χ3n) is 4.52. The van der Waals surface area contributed by atoms with Crippen molar-refractivity contribution in [3.05, 3.63) is 60.3 Å². The van der Waals surface area contributed by atoms with Gasteiger partial charge in [0.05, 0.1) is 11.7 Å². The molecule has 0 aliphatic rings. The van der Waals surface area contributed by atoms with Crippen molar-refractivity contribution >= 4 is 34.0 Å². The zero-order valence-corrected chi connectivity index (χ0v) is 15.9. The number of benzene rings is 2. The van der Waals surface area contributed by atoms with Gasteiger partial charge >= 0.3 is 0 Å². The Bertz CT molecular complexity index is 956. The first kappa shape index (κ1) is 18.7. The second-order valence-electron chi connectivity index (χ2n) is 6.76. The van der Waals surface area contributed by atoms with Crippen molar-refractivity contribution in [2.24, 2.45) is 10.7 Å². The molecule has 6 nitrogen and oxygen atoms in total. The number of nitrogens with one attached hydrogen (secondary N) is 2. The van der Waals surface area contributed by atoms with Crippen LogP contribution in [-0.4, -0.2) is 41.8 Å². The largest absolute Gasteiger partial charge is 0.366 e. The van der Waals surface area contributed by atoms with Gasteiger partial charge in [0.1, 0.15) is 5.84 Å². The summed E-state index contributed by atoms with van der Waals surface area (Å²) in [6.07, 6.45) is 2.39. The molecule has 2 aromatic carbocycles. The lowest BCUT2D eigenvalue weighted by atomic mass is 10.0. The van der Waals surface area contributed by atoms with Gasteiger partial charge in [0.2, 0.25) is 5.91 Å². The summed E-state index contributed by atoms with van der Waals surface area (Å²) in [4.78, 5) is 22.1. The van der Waals surface area contributed by atoms with Crippen LogP contribution in [0.2, 0.25) is 0 Å². The molecule has 0 fully saturated rings. The lowest BCUT2D eigenvalue weighted by Gasteiger charge is -2.13. The smallest absolute Gasteiger partial charge is 0.241 e. The van der Waals surface area contributed by atoms with Gasteiger partial charge in [0.15, 0.2) is 0 Å². The summed E-state index contributed by atoms with van der Waals surface area (Å²) >= 11 is 0. The zero-order valence-electron chi connectivity index (χ0n) is 15.9. The number of H-pyrrole nitrogens is 1. The third kappa shape index (κ3) is 4.54. The molecule has 0 saturated carbocycles. The van der Waals surface area contributed by atoms with Crippen LogP contribution in [0.15, 0.2) is 59.7 Å². The van der Waals surface area contributed by atoms with Crippen LogP contribution in [0.3, 0.4) is 0 Å². The fourth-order valence-corrected chi connectivity index (χ4v) is 2.77. The molecule has 0 aliphatic heterocycles. The summed E-state index contributed by atoms with van der Waals surface area (Å²) < 4.78 is 0. The van der Waals surface area contributed by atoms with Crippen LogP contribution in [0.25, 0.3) is 10.9 Å². The van der Waals surface area contributed by atoms with Crippen LogP contribution in [0.4, 0.5) is 11.4 Å². The Morgan fingerprint density at radius 2 is 1.89 bits per heavy atom. The van der Waals surface area contributed by atoms with E-state index in [1.807, 2.05) is 80.6 Å². The molecule has 6 heteroatoms. The lowest BCUT2D eigenvalue weighted by molar-refractivity contribution is -0.117. The summed E-state index contributed by atoms with van der Waals surface area (Å²) in [7, 11) is 3.89. The highest BCUT2D eigenvalue weighted by Gasteiger charge is 2.16. The van der Waals surface area contributed by atoms with Crippen molar-refractivity contribution in [1.82, 2.24) is 9.88 Å². The van der Waals surface area contributed by atoms with Gasteiger partial charge in [0.25, 0.3) is 0 Å². The number of aromatic nitrogens is 1. The van der Waals surface area contributed by atoms with Crippen molar-refractivity contribution in [2.75, 3.05) is 19.4 Å². The van der Waals surface area contributed by atoms with Gasteiger partial charge in [-0.2, -0.15) is 0 Å². The zero-order chi connectivity index (χ0) is 19.4. The van der Waals surface area contributed by atoms with E-state index >= 15 is 0 Å². The van der Waals surface area contributed by atoms with Crippen LogP contribution in [0, 0.1) is 0 Å². The number of nitrogens with zero attached hydrogens (tertiary/aromatic N) is 2. The highest BCUT2D eigenvalue weighted by molar-refractivity contribution is 5.95. The normalized spacial score (nSPS) is 12.8. The van der Waals surface area contributed by atoms with Gasteiger partial charge in [0, 0.05) is 36.9 Å². The molecule has 0 saturated heterocycles. The fraction of sp³-hybridized carbons (Fsp3) is 0.238. The molecule has 0 radical (unpaired) electrons. The quantitative estimate of drug-likeness (QED) is 0.480. The van der Waals surface area contributed by atoms with Crippen LogP contribution in [-0.2, 0) is 11.2 Å². The average molecular weight is 363 g/mol. The first-order chi connectivity index (χ1) is 12.9. The number of hydrogen-bond donors (Lipinski definition) is 3. The summed E-state index contributed by atoms with van der Waals surface area (Å²) in [6, 6.07) is 14.8. The maximum Gasteiger partial charge on any atom is 0.241 e. The Hall–Kier alpha value is -3.12. The van der Waals surface area contributed by atoms with E-state index in [1.165, 1.54) is 0 Å². The van der Waals surface area contributed by atoms with Crippen molar-refractivity contribution in [3.8, 4) is 0 Å². The number of nitrogens with two attached hydrogens (primary N) is 1. The molecule has 0 bridgehead atoms. The van der Waals surface area contributed by atoms with E-state index in [0.717, 1.165) is 28.0 Å². The first-order valence-electron chi connectivity index (χ1n) is 8.88. The molecule has 27 heavy (non-hydrogen) atoms. The molecule has 1 amide bonds. The second kappa shape index (κ2) is 8.05. The minimum atomic E-state index is -0.627. The third-order valence-corrected chi connectivity index (χ3v) is 4.52. The summed E-state index contributed by atoms with van der Waals surface area (Å²) in [5, 5.41) is 3.97. The molecular formula is C21H25N5O. The molecule has 4 N–H and O–H groups in total. The average Bonchev–Trinajstić information content (AvgIpc) is 3.06. The standard InChI is InChI=1S/C21H25N5O/c1-14(26(2)3)24-16-8-10-17(11-9-16)25-21(27)19(22)12-15-13-23-20-7-5-4-6-18(15)20/h4-11,13,19,23H,12,22H2,1-3H3,(H,25,27)/t19-/m0/s1. The van der Waals surface area contributed by atoms with Gasteiger partial charge in [-0.1, -0.05) is 18.2 Å². The van der Waals surface area contributed by atoms with E-state index in [9.17, 15) is 4.79 Å². The summed E-state index contributed by atoms with van der Waals surface area (Å²) in [5.41, 5.74) is 9.75. The van der Waals surface area contributed by atoms with E-state index < -0.39 is 6.04 Å². The van der Waals surface area contributed by atoms with Crippen LogP contribution < -0.4 is 11.1 Å². The predicted molar refractivity (Wildman–Crippen MR) is 112 cm³/mol. The molecule has 1 aromatic heterocycles. The number of hydrogen-bond acceptors (Lipinski definition) is 3. The predicted octanol–water partition coefficient (Wildman–Crippen LogP) is 3.29. The number of amides is 1.